The van der Waals surface area contributed by atoms with Crippen molar-refractivity contribution in [1.29, 1.82) is 0 Å². The molecule has 0 aliphatic carbocycles. The van der Waals surface area contributed by atoms with Crippen LogP contribution in [0.25, 0.3) is 0 Å². The van der Waals surface area contributed by atoms with Gasteiger partial charge < -0.3 is 35.2 Å². The molecule has 7 aromatic carbocycles. The van der Waals surface area contributed by atoms with Gasteiger partial charge >= 0.3 is 19.5 Å². The second-order valence-corrected chi connectivity index (χ2v) is 21.3. The molecule has 0 spiro atoms. The number of hydrogen-bond acceptors (Lipinski definition) is 4. The van der Waals surface area contributed by atoms with Gasteiger partial charge in [-0.05, 0) is 77.2 Å². The first kappa shape index (κ1) is 47.0. The minimum absolute atomic E-state index is 0. The Bertz CT molecular complexity index is 1820. The molecular formula is C48H50O2P3RuS2+3. The summed E-state index contributed by atoms with van der Waals surface area (Å²) in [5, 5.41) is 16.1. The van der Waals surface area contributed by atoms with Crippen molar-refractivity contribution in [2.75, 3.05) is 25.7 Å². The Kier molecular flexibility index (Phi) is 22.9. The fourth-order valence-corrected chi connectivity index (χ4v) is 13.0. The SMILES string of the molecule is C[PH+](C)c1ccccc1.O=C([S-])c1ccccc1.OC([S-])c1ccccc1.[Ru+2].c1ccc([PH+](CC[PH+](c2ccccc2)c2ccccc2)c2ccccc2)cc1. The molecule has 0 amide bonds. The maximum Gasteiger partial charge on any atom is 2.00 e. The number of aliphatic hydroxyl groups is 1. The van der Waals surface area contributed by atoms with Gasteiger partial charge in [0, 0.05) is 13.0 Å². The van der Waals surface area contributed by atoms with Crippen LogP contribution in [0, 0.1) is 0 Å². The number of rotatable bonds is 10. The van der Waals surface area contributed by atoms with Gasteiger partial charge in [-0.3, -0.25) is 0 Å². The Morgan fingerprint density at radius 2 is 0.714 bits per heavy atom. The van der Waals surface area contributed by atoms with Crippen molar-refractivity contribution in [3.05, 3.63) is 223 Å². The van der Waals surface area contributed by atoms with E-state index in [9.17, 15) is 4.79 Å². The van der Waals surface area contributed by atoms with E-state index in [4.69, 9.17) is 5.11 Å². The molecule has 0 aliphatic heterocycles. The number of carbonyl (C=O) groups is 1. The average Bonchev–Trinajstić information content (AvgIpc) is 3.25. The van der Waals surface area contributed by atoms with Crippen molar-refractivity contribution < 1.29 is 29.4 Å². The molecule has 1 atom stereocenters. The predicted molar refractivity (Wildman–Crippen MR) is 254 cm³/mol. The quantitative estimate of drug-likeness (QED) is 0.0845. The van der Waals surface area contributed by atoms with Gasteiger partial charge in [0.15, 0.2) is 0 Å². The summed E-state index contributed by atoms with van der Waals surface area (Å²) in [6.07, 6.45) is 2.52. The van der Waals surface area contributed by atoms with Crippen LogP contribution in [0.15, 0.2) is 212 Å². The Morgan fingerprint density at radius 1 is 0.464 bits per heavy atom. The van der Waals surface area contributed by atoms with E-state index in [2.05, 4.69) is 190 Å². The summed E-state index contributed by atoms with van der Waals surface area (Å²) in [5.74, 6) is 0. The van der Waals surface area contributed by atoms with Gasteiger partial charge in [0.1, 0.15) is 12.3 Å². The third-order valence-corrected chi connectivity index (χ3v) is 16.7. The summed E-state index contributed by atoms with van der Waals surface area (Å²) < 4.78 is 0. The molecule has 0 radical (unpaired) electrons. The summed E-state index contributed by atoms with van der Waals surface area (Å²) in [5.41, 5.74) is 0.617. The number of benzene rings is 7. The van der Waals surface area contributed by atoms with E-state index in [0.29, 0.717) is 5.56 Å². The van der Waals surface area contributed by atoms with E-state index in [1.54, 1.807) is 36.4 Å². The molecule has 0 aromatic heterocycles. The van der Waals surface area contributed by atoms with Gasteiger partial charge in [0.05, 0.1) is 55.7 Å². The molecule has 0 fully saturated rings. The molecule has 0 bridgehead atoms. The van der Waals surface area contributed by atoms with Crippen LogP contribution < -0.4 is 26.5 Å². The van der Waals surface area contributed by atoms with Gasteiger partial charge in [0.25, 0.3) is 0 Å². The molecular weight excluding hydrogens is 867 g/mol. The summed E-state index contributed by atoms with van der Waals surface area (Å²) in [6, 6.07) is 73.2. The summed E-state index contributed by atoms with van der Waals surface area (Å²) in [6.45, 7) is 4.61. The predicted octanol–water partition coefficient (Wildman–Crippen LogP) is 9.10. The first-order valence-corrected chi connectivity index (χ1v) is 25.1. The van der Waals surface area contributed by atoms with Crippen molar-refractivity contribution in [2.24, 2.45) is 0 Å². The molecule has 2 nitrogen and oxygen atoms in total. The molecule has 1 unspecified atom stereocenters. The minimum atomic E-state index is -0.783. The van der Waals surface area contributed by atoms with E-state index < -0.39 is 21.3 Å². The normalized spacial score (nSPS) is 10.7. The van der Waals surface area contributed by atoms with Crippen molar-refractivity contribution >= 4 is 80.7 Å². The van der Waals surface area contributed by atoms with Crippen LogP contribution in [-0.4, -0.2) is 35.9 Å². The molecule has 0 saturated carbocycles. The van der Waals surface area contributed by atoms with E-state index in [1.807, 2.05) is 24.3 Å². The molecule has 0 saturated heterocycles. The Hall–Kier alpha value is -3.35. The fraction of sp³-hybridized carbons (Fsp3) is 0.104. The van der Waals surface area contributed by atoms with E-state index >= 15 is 0 Å². The van der Waals surface area contributed by atoms with Gasteiger partial charge in [0.2, 0.25) is 0 Å². The molecule has 8 heteroatoms. The molecule has 1 N–H and O–H groups in total. The Morgan fingerprint density at radius 3 is 0.911 bits per heavy atom. The number of aliphatic hydroxyl groups excluding tert-OH is 1. The van der Waals surface area contributed by atoms with Crippen LogP contribution >= 0.6 is 23.8 Å². The molecule has 56 heavy (non-hydrogen) atoms. The van der Waals surface area contributed by atoms with Crippen LogP contribution in [0.3, 0.4) is 0 Å². The van der Waals surface area contributed by atoms with Crippen LogP contribution in [-0.2, 0) is 44.7 Å². The number of hydrogen-bond donors (Lipinski definition) is 1. The van der Waals surface area contributed by atoms with E-state index in [0.717, 1.165) is 5.56 Å². The summed E-state index contributed by atoms with van der Waals surface area (Å²) in [7, 11) is -1.78. The van der Waals surface area contributed by atoms with Crippen molar-refractivity contribution in [3.63, 3.8) is 0 Å². The smallest absolute Gasteiger partial charge is 0.757 e. The Balaban J connectivity index is 0.000000244. The third kappa shape index (κ3) is 17.0. The number of carbonyl (C=O) groups excluding carboxylic acids is 1. The van der Waals surface area contributed by atoms with Crippen LogP contribution in [0.1, 0.15) is 21.4 Å². The fourth-order valence-electron chi connectivity index (χ4n) is 5.68. The topological polar surface area (TPSA) is 37.3 Å². The Labute approximate surface area is 362 Å². The zero-order valence-electron chi connectivity index (χ0n) is 31.7. The molecule has 7 aromatic rings. The zero-order valence-corrected chi connectivity index (χ0v) is 38.1. The van der Waals surface area contributed by atoms with Gasteiger partial charge in [-0.25, -0.2) is 0 Å². The molecule has 7 rings (SSSR count). The second kappa shape index (κ2) is 27.3. The summed E-state index contributed by atoms with van der Waals surface area (Å²) in [4.78, 5) is 10.5. The molecule has 286 valence electrons. The van der Waals surface area contributed by atoms with Gasteiger partial charge in [-0.1, -0.05) is 152 Å². The average molecular weight is 917 g/mol. The standard InChI is InChI=1S/C26H24P2.C8H11P.C7H8OS.C7H6OS.Ru/c1-5-13-23(14-6-1)27(24-15-7-2-8-16-24)21-22-28(25-17-9-3-10-18-25)26-19-11-4-12-20-26;1-9(2)8-6-4-3-5-7-8;2*8-7(9)6-4-2-1-3-5-6;/h1-20H,21-22H2;3-7H,1-2H3;1-5,7-9H;1-5H,(H,8,9);/q;;;;+2/p+1. The van der Waals surface area contributed by atoms with Gasteiger partial charge in [-0.2, -0.15) is 0 Å². The van der Waals surface area contributed by atoms with Crippen molar-refractivity contribution in [3.8, 4) is 0 Å². The zero-order chi connectivity index (χ0) is 39.1. The second-order valence-electron chi connectivity index (χ2n) is 12.7. The molecule has 0 heterocycles. The minimum Gasteiger partial charge on any atom is -0.757 e. The molecule has 0 aliphatic rings. The first-order valence-electron chi connectivity index (χ1n) is 18.3. The van der Waals surface area contributed by atoms with Crippen LogP contribution in [0.4, 0.5) is 0 Å². The summed E-state index contributed by atoms with van der Waals surface area (Å²) >= 11 is 9.01. The maximum absolute atomic E-state index is 10.5. The van der Waals surface area contributed by atoms with Crippen LogP contribution in [0.2, 0.25) is 0 Å². The van der Waals surface area contributed by atoms with Crippen molar-refractivity contribution in [1.82, 2.24) is 0 Å². The third-order valence-electron chi connectivity index (χ3n) is 8.56. The first-order chi connectivity index (χ1) is 26.8. The van der Waals surface area contributed by atoms with Crippen molar-refractivity contribution in [2.45, 2.75) is 5.44 Å². The monoisotopic (exact) mass is 917 g/mol. The van der Waals surface area contributed by atoms with E-state index in [1.165, 1.54) is 38.8 Å². The van der Waals surface area contributed by atoms with Crippen LogP contribution in [0.5, 0.6) is 0 Å². The maximum atomic E-state index is 10.5. The largest absolute Gasteiger partial charge is 2.00 e. The van der Waals surface area contributed by atoms with E-state index in [-0.39, 0.29) is 32.5 Å². The van der Waals surface area contributed by atoms with Gasteiger partial charge in [-0.15, -0.1) is 0 Å².